The maximum atomic E-state index is 11.2. The van der Waals surface area contributed by atoms with Gasteiger partial charge >= 0.3 is 0 Å². The summed E-state index contributed by atoms with van der Waals surface area (Å²) in [5, 5.41) is 0. The summed E-state index contributed by atoms with van der Waals surface area (Å²) in [5.41, 5.74) is 3.13. The second-order valence-electron chi connectivity index (χ2n) is 2.71. The summed E-state index contributed by atoms with van der Waals surface area (Å²) in [6.07, 6.45) is 3.74. The van der Waals surface area contributed by atoms with Gasteiger partial charge in [-0.15, -0.1) is 0 Å². The first-order valence-corrected chi connectivity index (χ1v) is 4.97. The van der Waals surface area contributed by atoms with Crippen LogP contribution in [0.3, 0.4) is 0 Å². The first-order valence-electron chi connectivity index (χ1n) is 4.33. The zero-order valence-corrected chi connectivity index (χ0v) is 8.92. The van der Waals surface area contributed by atoms with E-state index >= 15 is 0 Å². The van der Waals surface area contributed by atoms with Crippen molar-refractivity contribution in [1.82, 2.24) is 10.4 Å². The molecule has 0 atom stereocenters. The largest absolute Gasteiger partial charge is 0.290 e. The molecule has 0 spiro atoms. The number of thiol groups is 1. The van der Waals surface area contributed by atoms with Crippen LogP contribution in [0.1, 0.15) is 22.3 Å². The highest BCUT2D eigenvalue weighted by Gasteiger charge is 2.03. The van der Waals surface area contributed by atoms with Gasteiger partial charge < -0.3 is 0 Å². The predicted molar refractivity (Wildman–Crippen MR) is 61.2 cm³/mol. The van der Waals surface area contributed by atoms with E-state index in [1.807, 2.05) is 5.43 Å². The Morgan fingerprint density at radius 1 is 1.60 bits per heavy atom. The lowest BCUT2D eigenvalue weighted by Gasteiger charge is -1.98. The number of nitrogen functional groups attached to an aromatic ring is 1. The van der Waals surface area contributed by atoms with Crippen LogP contribution in [0.2, 0.25) is 0 Å². The van der Waals surface area contributed by atoms with E-state index in [-0.39, 0.29) is 5.91 Å². The number of pyridine rings is 1. The van der Waals surface area contributed by atoms with Crippen molar-refractivity contribution in [2.45, 2.75) is 6.42 Å². The van der Waals surface area contributed by atoms with Gasteiger partial charge in [0.2, 0.25) is 0 Å². The SMILES string of the molecule is NNC(=O)c1cncc(C#CCCS)c1. The number of nitrogens with zero attached hydrogens (tertiary/aromatic N) is 1. The third kappa shape index (κ3) is 3.62. The van der Waals surface area contributed by atoms with Gasteiger partial charge in [0, 0.05) is 30.1 Å². The number of carbonyl (C=O) groups is 1. The molecule has 0 bridgehead atoms. The number of rotatable bonds is 2. The van der Waals surface area contributed by atoms with Crippen LogP contribution in [0.15, 0.2) is 18.5 Å². The fourth-order valence-electron chi connectivity index (χ4n) is 0.936. The van der Waals surface area contributed by atoms with Gasteiger partial charge in [0.15, 0.2) is 0 Å². The molecule has 0 aliphatic rings. The van der Waals surface area contributed by atoms with Gasteiger partial charge in [0.05, 0.1) is 5.56 Å². The normalized spacial score (nSPS) is 8.93. The highest BCUT2D eigenvalue weighted by molar-refractivity contribution is 7.80. The summed E-state index contributed by atoms with van der Waals surface area (Å²) in [5.74, 6) is 11.1. The maximum Gasteiger partial charge on any atom is 0.266 e. The highest BCUT2D eigenvalue weighted by atomic mass is 32.1. The zero-order chi connectivity index (χ0) is 11.1. The Hall–Kier alpha value is -1.51. The van der Waals surface area contributed by atoms with Gasteiger partial charge in [-0.3, -0.25) is 15.2 Å². The van der Waals surface area contributed by atoms with E-state index in [1.165, 1.54) is 6.20 Å². The quantitative estimate of drug-likeness (QED) is 0.222. The van der Waals surface area contributed by atoms with Crippen molar-refractivity contribution in [3.63, 3.8) is 0 Å². The second-order valence-corrected chi connectivity index (χ2v) is 3.16. The molecular formula is C10H11N3OS. The van der Waals surface area contributed by atoms with E-state index in [9.17, 15) is 4.79 Å². The van der Waals surface area contributed by atoms with E-state index in [4.69, 9.17) is 5.84 Å². The predicted octanol–water partition coefficient (Wildman–Crippen LogP) is 0.356. The molecule has 4 nitrogen and oxygen atoms in total. The van der Waals surface area contributed by atoms with Gasteiger partial charge in [-0.25, -0.2) is 5.84 Å². The summed E-state index contributed by atoms with van der Waals surface area (Å²) in [7, 11) is 0. The third-order valence-electron chi connectivity index (χ3n) is 1.60. The molecule has 0 fully saturated rings. The van der Waals surface area contributed by atoms with Gasteiger partial charge in [0.25, 0.3) is 5.91 Å². The van der Waals surface area contributed by atoms with Crippen molar-refractivity contribution >= 4 is 18.5 Å². The smallest absolute Gasteiger partial charge is 0.266 e. The molecule has 78 valence electrons. The Labute approximate surface area is 93.7 Å². The molecule has 1 heterocycles. The first kappa shape index (κ1) is 11.6. The Bertz CT molecular complexity index is 409. The summed E-state index contributed by atoms with van der Waals surface area (Å²) in [6.45, 7) is 0. The van der Waals surface area contributed by atoms with Crippen molar-refractivity contribution in [3.8, 4) is 11.8 Å². The Morgan fingerprint density at radius 2 is 2.40 bits per heavy atom. The van der Waals surface area contributed by atoms with Crippen molar-refractivity contribution in [1.29, 1.82) is 0 Å². The van der Waals surface area contributed by atoms with Gasteiger partial charge in [-0.1, -0.05) is 11.8 Å². The minimum Gasteiger partial charge on any atom is -0.290 e. The molecule has 1 aromatic heterocycles. The van der Waals surface area contributed by atoms with Crippen LogP contribution in [-0.4, -0.2) is 16.6 Å². The lowest BCUT2D eigenvalue weighted by Crippen LogP contribution is -2.30. The molecule has 0 saturated carbocycles. The molecule has 1 aromatic rings. The molecular weight excluding hydrogens is 210 g/mol. The molecule has 0 aromatic carbocycles. The molecule has 1 amide bonds. The average Bonchev–Trinajstić information content (AvgIpc) is 2.29. The summed E-state index contributed by atoms with van der Waals surface area (Å²) >= 11 is 4.04. The van der Waals surface area contributed by atoms with Gasteiger partial charge in [-0.05, 0) is 6.07 Å². The van der Waals surface area contributed by atoms with E-state index < -0.39 is 0 Å². The number of amides is 1. The van der Waals surface area contributed by atoms with Crippen LogP contribution in [0.4, 0.5) is 0 Å². The summed E-state index contributed by atoms with van der Waals surface area (Å²) < 4.78 is 0. The van der Waals surface area contributed by atoms with Crippen molar-refractivity contribution < 1.29 is 4.79 Å². The molecule has 15 heavy (non-hydrogen) atoms. The van der Waals surface area contributed by atoms with Crippen molar-refractivity contribution in [3.05, 3.63) is 29.6 Å². The summed E-state index contributed by atoms with van der Waals surface area (Å²) in [4.78, 5) is 15.1. The monoisotopic (exact) mass is 221 g/mol. The number of aromatic nitrogens is 1. The van der Waals surface area contributed by atoms with Gasteiger partial charge in [-0.2, -0.15) is 12.6 Å². The van der Waals surface area contributed by atoms with Gasteiger partial charge in [0.1, 0.15) is 0 Å². The number of nitrogens with two attached hydrogens (primary N) is 1. The van der Waals surface area contributed by atoms with E-state index in [1.54, 1.807) is 12.3 Å². The zero-order valence-electron chi connectivity index (χ0n) is 8.03. The average molecular weight is 221 g/mol. The molecule has 0 unspecified atom stereocenters. The second kappa shape index (κ2) is 6.06. The fourth-order valence-corrected chi connectivity index (χ4v) is 1.05. The highest BCUT2D eigenvalue weighted by Crippen LogP contribution is 2.00. The first-order chi connectivity index (χ1) is 7.27. The fraction of sp³-hybridized carbons (Fsp3) is 0.200. The minimum atomic E-state index is -0.375. The Kier molecular flexibility index (Phi) is 4.68. The molecule has 1 rings (SSSR count). The van der Waals surface area contributed by atoms with E-state index in [0.717, 1.165) is 0 Å². The number of nitrogens with one attached hydrogen (secondary N) is 1. The molecule has 0 radical (unpaired) electrons. The Balaban J connectivity index is 2.84. The molecule has 3 N–H and O–H groups in total. The van der Waals surface area contributed by atoms with Crippen LogP contribution in [-0.2, 0) is 0 Å². The van der Waals surface area contributed by atoms with Crippen molar-refractivity contribution in [2.24, 2.45) is 5.84 Å². The maximum absolute atomic E-state index is 11.2. The minimum absolute atomic E-state index is 0.375. The summed E-state index contributed by atoms with van der Waals surface area (Å²) in [6, 6.07) is 1.64. The molecule has 0 aliphatic heterocycles. The number of carbonyl (C=O) groups excluding carboxylic acids is 1. The lowest BCUT2D eigenvalue weighted by molar-refractivity contribution is 0.0953. The number of hydrazine groups is 1. The topological polar surface area (TPSA) is 68.0 Å². The number of hydrogen-bond donors (Lipinski definition) is 3. The van der Waals surface area contributed by atoms with E-state index in [2.05, 4.69) is 29.5 Å². The van der Waals surface area contributed by atoms with Crippen molar-refractivity contribution in [2.75, 3.05) is 5.75 Å². The lowest BCUT2D eigenvalue weighted by atomic mass is 10.2. The van der Waals surface area contributed by atoms with Crippen LogP contribution < -0.4 is 11.3 Å². The molecule has 0 aliphatic carbocycles. The standard InChI is InChI=1S/C10H11N3OS/c11-13-10(14)9-5-8(6-12-7-9)3-1-2-4-15/h5-7,15H,2,4,11H2,(H,13,14). The molecule has 0 saturated heterocycles. The third-order valence-corrected chi connectivity index (χ3v) is 1.82. The molecule has 5 heteroatoms. The Morgan fingerprint density at radius 3 is 3.07 bits per heavy atom. The van der Waals surface area contributed by atoms with Crippen LogP contribution in [0, 0.1) is 11.8 Å². The van der Waals surface area contributed by atoms with E-state index in [0.29, 0.717) is 23.3 Å². The van der Waals surface area contributed by atoms with Crippen LogP contribution in [0.5, 0.6) is 0 Å². The number of hydrogen-bond acceptors (Lipinski definition) is 4. The van der Waals surface area contributed by atoms with Crippen LogP contribution >= 0.6 is 12.6 Å². The van der Waals surface area contributed by atoms with Crippen LogP contribution in [0.25, 0.3) is 0 Å².